The van der Waals surface area contributed by atoms with Crippen molar-refractivity contribution in [1.29, 1.82) is 0 Å². The van der Waals surface area contributed by atoms with E-state index < -0.39 is 0 Å². The summed E-state index contributed by atoms with van der Waals surface area (Å²) in [4.78, 5) is 0. The second kappa shape index (κ2) is 4.69. The summed E-state index contributed by atoms with van der Waals surface area (Å²) in [5.41, 5.74) is 1.28. The number of nitrogens with one attached hydrogen (secondary N) is 1. The molecule has 15 heavy (non-hydrogen) atoms. The minimum absolute atomic E-state index is 0.428. The van der Waals surface area contributed by atoms with Gasteiger partial charge >= 0.3 is 0 Å². The molecule has 1 heterocycles. The van der Waals surface area contributed by atoms with E-state index in [4.69, 9.17) is 16.3 Å². The van der Waals surface area contributed by atoms with Crippen LogP contribution in [-0.4, -0.2) is 19.7 Å². The summed E-state index contributed by atoms with van der Waals surface area (Å²) in [6, 6.07) is 8.16. The van der Waals surface area contributed by atoms with E-state index in [0.29, 0.717) is 17.5 Å². The van der Waals surface area contributed by atoms with E-state index in [1.807, 2.05) is 18.2 Å². The molecule has 1 aromatic carbocycles. The largest absolute Gasteiger partial charge is 0.493 e. The number of para-hydroxylation sites is 1. The Labute approximate surface area is 94.9 Å². The Morgan fingerprint density at radius 3 is 3.13 bits per heavy atom. The molecular formula is C12H14ClNO. The summed E-state index contributed by atoms with van der Waals surface area (Å²) in [7, 11) is 0. The lowest BCUT2D eigenvalue weighted by molar-refractivity contribution is 0.327. The molecule has 0 aliphatic carbocycles. The molecule has 1 N–H and O–H groups in total. The van der Waals surface area contributed by atoms with E-state index in [1.54, 1.807) is 0 Å². The summed E-state index contributed by atoms with van der Waals surface area (Å²) in [5, 5.41) is 3.90. The van der Waals surface area contributed by atoms with Crippen LogP contribution in [0, 0.1) is 0 Å². The Morgan fingerprint density at radius 1 is 1.53 bits per heavy atom. The van der Waals surface area contributed by atoms with Gasteiger partial charge in [0.15, 0.2) is 0 Å². The average molecular weight is 224 g/mol. The quantitative estimate of drug-likeness (QED) is 0.847. The van der Waals surface area contributed by atoms with E-state index in [2.05, 4.69) is 18.0 Å². The zero-order chi connectivity index (χ0) is 10.7. The van der Waals surface area contributed by atoms with Gasteiger partial charge in [-0.1, -0.05) is 36.4 Å². The predicted octanol–water partition coefficient (Wildman–Crippen LogP) is 2.50. The van der Waals surface area contributed by atoms with Gasteiger partial charge in [-0.05, 0) is 6.07 Å². The van der Waals surface area contributed by atoms with Gasteiger partial charge in [-0.2, -0.15) is 0 Å². The first kappa shape index (κ1) is 10.5. The monoisotopic (exact) mass is 223 g/mol. The maximum Gasteiger partial charge on any atom is 0.122 e. The summed E-state index contributed by atoms with van der Waals surface area (Å²) in [6.45, 7) is 5.92. The van der Waals surface area contributed by atoms with Crippen LogP contribution < -0.4 is 10.1 Å². The topological polar surface area (TPSA) is 21.3 Å². The highest BCUT2D eigenvalue weighted by Gasteiger charge is 2.22. The molecule has 0 amide bonds. The summed E-state index contributed by atoms with van der Waals surface area (Å²) in [5.74, 6) is 1.44. The highest BCUT2D eigenvalue weighted by atomic mass is 35.5. The van der Waals surface area contributed by atoms with Crippen molar-refractivity contribution in [3.63, 3.8) is 0 Å². The fraction of sp³-hybridized carbons (Fsp3) is 0.333. The average Bonchev–Trinajstić information content (AvgIpc) is 2.62. The summed E-state index contributed by atoms with van der Waals surface area (Å²) < 4.78 is 5.57. The normalized spacial score (nSPS) is 18.3. The van der Waals surface area contributed by atoms with Crippen molar-refractivity contribution >= 4 is 11.6 Å². The second-order valence-electron chi connectivity index (χ2n) is 3.69. The van der Waals surface area contributed by atoms with Crippen molar-refractivity contribution < 1.29 is 4.74 Å². The maximum absolute atomic E-state index is 5.68. The molecule has 0 bridgehead atoms. The van der Waals surface area contributed by atoms with E-state index in [0.717, 1.165) is 18.9 Å². The van der Waals surface area contributed by atoms with Gasteiger partial charge in [0.25, 0.3) is 0 Å². The Kier molecular flexibility index (Phi) is 3.29. The molecule has 1 unspecified atom stereocenters. The summed E-state index contributed by atoms with van der Waals surface area (Å²) >= 11 is 5.68. The molecule has 2 nitrogen and oxygen atoms in total. The van der Waals surface area contributed by atoms with Gasteiger partial charge in [0.05, 0.1) is 6.61 Å². The van der Waals surface area contributed by atoms with Crippen LogP contribution in [0.15, 0.2) is 35.9 Å². The highest BCUT2D eigenvalue weighted by molar-refractivity contribution is 6.29. The van der Waals surface area contributed by atoms with E-state index in [1.165, 1.54) is 5.56 Å². The molecule has 0 saturated carbocycles. The minimum atomic E-state index is 0.428. The molecule has 0 aromatic heterocycles. The SMILES string of the molecule is C=C(Cl)CNCC1COc2ccccc21. The van der Waals surface area contributed by atoms with Crippen molar-refractivity contribution in [1.82, 2.24) is 5.32 Å². The number of hydrogen-bond donors (Lipinski definition) is 1. The highest BCUT2D eigenvalue weighted by Crippen LogP contribution is 2.32. The van der Waals surface area contributed by atoms with Crippen molar-refractivity contribution in [3.8, 4) is 5.75 Å². The Bertz CT molecular complexity index is 364. The molecule has 80 valence electrons. The van der Waals surface area contributed by atoms with Crippen molar-refractivity contribution in [2.45, 2.75) is 5.92 Å². The Hall–Kier alpha value is -0.990. The number of hydrogen-bond acceptors (Lipinski definition) is 2. The lowest BCUT2D eigenvalue weighted by Gasteiger charge is -2.09. The zero-order valence-corrected chi connectivity index (χ0v) is 9.26. The number of ether oxygens (including phenoxy) is 1. The Balaban J connectivity index is 1.93. The van der Waals surface area contributed by atoms with E-state index >= 15 is 0 Å². The van der Waals surface area contributed by atoms with Crippen LogP contribution in [0.25, 0.3) is 0 Å². The molecule has 0 fully saturated rings. The molecule has 1 aliphatic rings. The lowest BCUT2D eigenvalue weighted by atomic mass is 10.0. The zero-order valence-electron chi connectivity index (χ0n) is 8.50. The molecule has 1 aromatic rings. The van der Waals surface area contributed by atoms with Crippen LogP contribution in [-0.2, 0) is 0 Å². The van der Waals surface area contributed by atoms with E-state index in [9.17, 15) is 0 Å². The smallest absolute Gasteiger partial charge is 0.122 e. The first-order valence-electron chi connectivity index (χ1n) is 5.03. The third kappa shape index (κ3) is 2.52. The maximum atomic E-state index is 5.68. The van der Waals surface area contributed by atoms with Crippen LogP contribution >= 0.6 is 11.6 Å². The van der Waals surface area contributed by atoms with Gasteiger partial charge in [0.1, 0.15) is 5.75 Å². The minimum Gasteiger partial charge on any atom is -0.493 e. The van der Waals surface area contributed by atoms with Crippen LogP contribution in [0.5, 0.6) is 5.75 Å². The second-order valence-corrected chi connectivity index (χ2v) is 4.23. The Morgan fingerprint density at radius 2 is 2.33 bits per heavy atom. The number of halogens is 1. The van der Waals surface area contributed by atoms with Crippen LogP contribution in [0.1, 0.15) is 11.5 Å². The van der Waals surface area contributed by atoms with Crippen molar-refractivity contribution in [2.24, 2.45) is 0 Å². The van der Waals surface area contributed by atoms with Crippen molar-refractivity contribution in [2.75, 3.05) is 19.7 Å². The lowest BCUT2D eigenvalue weighted by Crippen LogP contribution is -2.23. The third-order valence-corrected chi connectivity index (χ3v) is 2.64. The fourth-order valence-corrected chi connectivity index (χ4v) is 1.87. The molecule has 1 aliphatic heterocycles. The molecule has 0 spiro atoms. The van der Waals surface area contributed by atoms with Gasteiger partial charge in [0, 0.05) is 29.6 Å². The molecule has 2 rings (SSSR count). The fourth-order valence-electron chi connectivity index (χ4n) is 1.78. The van der Waals surface area contributed by atoms with Gasteiger partial charge in [-0.15, -0.1) is 0 Å². The number of rotatable bonds is 4. The third-order valence-electron chi connectivity index (χ3n) is 2.51. The summed E-state index contributed by atoms with van der Waals surface area (Å²) in [6.07, 6.45) is 0. The van der Waals surface area contributed by atoms with Crippen LogP contribution in [0.2, 0.25) is 0 Å². The van der Waals surface area contributed by atoms with Gasteiger partial charge < -0.3 is 10.1 Å². The molecule has 1 atom stereocenters. The molecule has 0 saturated heterocycles. The molecular weight excluding hydrogens is 210 g/mol. The standard InChI is InChI=1S/C12H14ClNO/c1-9(13)6-14-7-10-8-15-12-5-3-2-4-11(10)12/h2-5,10,14H,1,6-8H2. The number of benzene rings is 1. The first-order chi connectivity index (χ1) is 7.27. The van der Waals surface area contributed by atoms with Gasteiger partial charge in [0.2, 0.25) is 0 Å². The predicted molar refractivity (Wildman–Crippen MR) is 62.5 cm³/mol. The van der Waals surface area contributed by atoms with Gasteiger partial charge in [-0.3, -0.25) is 0 Å². The molecule has 0 radical (unpaired) electrons. The van der Waals surface area contributed by atoms with Crippen molar-refractivity contribution in [3.05, 3.63) is 41.4 Å². The van der Waals surface area contributed by atoms with Crippen LogP contribution in [0.3, 0.4) is 0 Å². The molecule has 3 heteroatoms. The van der Waals surface area contributed by atoms with Gasteiger partial charge in [-0.25, -0.2) is 0 Å². The van der Waals surface area contributed by atoms with Crippen LogP contribution in [0.4, 0.5) is 0 Å². The first-order valence-corrected chi connectivity index (χ1v) is 5.41. The van der Waals surface area contributed by atoms with E-state index in [-0.39, 0.29) is 0 Å². The number of fused-ring (bicyclic) bond motifs is 1.